The van der Waals surface area contributed by atoms with Crippen molar-refractivity contribution in [1.82, 2.24) is 0 Å². The second kappa shape index (κ2) is 8.30. The van der Waals surface area contributed by atoms with Crippen LogP contribution in [0.1, 0.15) is 33.1 Å². The Hall–Kier alpha value is -0.310. The topological polar surface area (TPSA) is 26.3 Å². The van der Waals surface area contributed by atoms with E-state index in [1.165, 1.54) is 0 Å². The summed E-state index contributed by atoms with van der Waals surface area (Å²) in [5.74, 6) is -0.171. The first kappa shape index (κ1) is 12.7. The minimum Gasteiger partial charge on any atom is -0.463 e. The molecular weight excluding hydrogens is 232 g/mol. The highest BCUT2D eigenvalue weighted by Gasteiger charge is 2.08. The lowest BCUT2D eigenvalue weighted by Crippen LogP contribution is -2.08. The van der Waals surface area contributed by atoms with E-state index in [0.29, 0.717) is 6.61 Å². The Morgan fingerprint density at radius 2 is 2.15 bits per heavy atom. The minimum absolute atomic E-state index is 0.171. The summed E-state index contributed by atoms with van der Waals surface area (Å²) >= 11 is 3.31. The number of carbonyl (C=O) groups excluding carboxylic acids is 1. The summed E-state index contributed by atoms with van der Waals surface area (Å²) in [4.78, 5) is 11.3. The zero-order valence-electron chi connectivity index (χ0n) is 8.31. The van der Waals surface area contributed by atoms with Gasteiger partial charge in [0.1, 0.15) is 0 Å². The molecule has 0 rings (SSSR count). The van der Waals surface area contributed by atoms with Gasteiger partial charge in [0.05, 0.1) is 6.61 Å². The fourth-order valence-corrected chi connectivity index (χ4v) is 1.36. The summed E-state index contributed by atoms with van der Waals surface area (Å²) in [7, 11) is 0. The average molecular weight is 249 g/mol. The highest BCUT2D eigenvalue weighted by molar-refractivity contribution is 9.09. The maximum Gasteiger partial charge on any atom is 0.333 e. The largest absolute Gasteiger partial charge is 0.463 e. The first-order valence-electron chi connectivity index (χ1n) is 4.68. The number of hydrogen-bond donors (Lipinski definition) is 0. The van der Waals surface area contributed by atoms with Crippen LogP contribution >= 0.6 is 15.9 Å². The highest BCUT2D eigenvalue weighted by Crippen LogP contribution is 2.08. The number of esters is 1. The Morgan fingerprint density at radius 3 is 2.62 bits per heavy atom. The van der Waals surface area contributed by atoms with Gasteiger partial charge in [-0.25, -0.2) is 4.79 Å². The molecule has 0 bridgehead atoms. The molecule has 0 aliphatic carbocycles. The zero-order chi connectivity index (χ0) is 10.1. The Kier molecular flexibility index (Phi) is 8.10. The number of rotatable bonds is 6. The van der Waals surface area contributed by atoms with Gasteiger partial charge >= 0.3 is 5.97 Å². The van der Waals surface area contributed by atoms with E-state index >= 15 is 0 Å². The predicted octanol–water partition coefficient (Wildman–Crippen LogP) is 3.06. The summed E-state index contributed by atoms with van der Waals surface area (Å²) in [6, 6.07) is 0. The van der Waals surface area contributed by atoms with Crippen LogP contribution in [0.5, 0.6) is 0 Å². The molecule has 0 aliphatic heterocycles. The molecule has 0 amide bonds. The van der Waals surface area contributed by atoms with Crippen molar-refractivity contribution in [3.63, 3.8) is 0 Å². The Labute approximate surface area is 88.5 Å². The predicted molar refractivity (Wildman–Crippen MR) is 58.0 cm³/mol. The highest BCUT2D eigenvalue weighted by atomic mass is 79.9. The molecule has 0 unspecified atom stereocenters. The van der Waals surface area contributed by atoms with Gasteiger partial charge in [0.2, 0.25) is 0 Å². The van der Waals surface area contributed by atoms with Crippen LogP contribution in [-0.4, -0.2) is 17.9 Å². The number of halogens is 1. The summed E-state index contributed by atoms with van der Waals surface area (Å²) in [5.41, 5.74) is 0.792. The van der Waals surface area contributed by atoms with Crippen molar-refractivity contribution in [2.24, 2.45) is 0 Å². The maximum atomic E-state index is 11.3. The third-order valence-corrected chi connectivity index (χ3v) is 1.98. The molecule has 0 aliphatic rings. The van der Waals surface area contributed by atoms with Gasteiger partial charge in [-0.2, -0.15) is 0 Å². The molecular formula is C10H17BrO2. The molecule has 0 aromatic heterocycles. The van der Waals surface area contributed by atoms with E-state index < -0.39 is 0 Å². The van der Waals surface area contributed by atoms with Crippen molar-refractivity contribution in [3.05, 3.63) is 11.6 Å². The summed E-state index contributed by atoms with van der Waals surface area (Å²) in [5, 5.41) is 0.807. The molecule has 76 valence electrons. The SMILES string of the molecule is CCCC=C(CCBr)C(=O)OCC. The molecule has 0 saturated heterocycles. The van der Waals surface area contributed by atoms with Crippen molar-refractivity contribution >= 4 is 21.9 Å². The van der Waals surface area contributed by atoms with Crippen LogP contribution in [0, 0.1) is 0 Å². The lowest BCUT2D eigenvalue weighted by Gasteiger charge is -2.04. The molecule has 0 N–H and O–H groups in total. The van der Waals surface area contributed by atoms with E-state index in [2.05, 4.69) is 22.9 Å². The molecule has 2 nitrogen and oxygen atoms in total. The van der Waals surface area contributed by atoms with E-state index in [1.54, 1.807) is 0 Å². The Morgan fingerprint density at radius 1 is 1.46 bits per heavy atom. The lowest BCUT2D eigenvalue weighted by atomic mass is 10.1. The normalized spacial score (nSPS) is 11.5. The average Bonchev–Trinajstić information content (AvgIpc) is 2.12. The summed E-state index contributed by atoms with van der Waals surface area (Å²) < 4.78 is 4.93. The summed E-state index contributed by atoms with van der Waals surface area (Å²) in [6.07, 6.45) is 4.73. The van der Waals surface area contributed by atoms with Crippen molar-refractivity contribution in [2.75, 3.05) is 11.9 Å². The Bertz CT molecular complexity index is 176. The van der Waals surface area contributed by atoms with E-state index in [-0.39, 0.29) is 5.97 Å². The van der Waals surface area contributed by atoms with Crippen LogP contribution in [-0.2, 0) is 9.53 Å². The second-order valence-electron chi connectivity index (χ2n) is 2.68. The number of unbranched alkanes of at least 4 members (excludes halogenated alkanes) is 1. The molecule has 0 aromatic rings. The third kappa shape index (κ3) is 5.86. The standard InChI is InChI=1S/C10H17BrO2/c1-3-5-6-9(7-8-11)10(12)13-4-2/h6H,3-5,7-8H2,1-2H3. The van der Waals surface area contributed by atoms with Crippen molar-refractivity contribution in [1.29, 1.82) is 0 Å². The number of ether oxygens (including phenoxy) is 1. The molecule has 0 atom stereocenters. The molecule has 0 radical (unpaired) electrons. The van der Waals surface area contributed by atoms with Crippen molar-refractivity contribution in [3.8, 4) is 0 Å². The van der Waals surface area contributed by atoms with Gasteiger partial charge in [-0.1, -0.05) is 35.4 Å². The Balaban J connectivity index is 4.13. The number of hydrogen-bond acceptors (Lipinski definition) is 2. The molecule has 13 heavy (non-hydrogen) atoms. The third-order valence-electron chi connectivity index (χ3n) is 1.58. The minimum atomic E-state index is -0.171. The van der Waals surface area contributed by atoms with Gasteiger partial charge in [0.15, 0.2) is 0 Å². The number of allylic oxidation sites excluding steroid dienone is 1. The first-order chi connectivity index (χ1) is 6.26. The fourth-order valence-electron chi connectivity index (χ4n) is 0.932. The van der Waals surface area contributed by atoms with Gasteiger partial charge in [-0.05, 0) is 19.8 Å². The van der Waals surface area contributed by atoms with Gasteiger partial charge < -0.3 is 4.74 Å². The molecule has 0 spiro atoms. The first-order valence-corrected chi connectivity index (χ1v) is 5.80. The molecule has 0 heterocycles. The lowest BCUT2D eigenvalue weighted by molar-refractivity contribution is -0.138. The van der Waals surface area contributed by atoms with Crippen LogP contribution < -0.4 is 0 Å². The zero-order valence-corrected chi connectivity index (χ0v) is 9.89. The van der Waals surface area contributed by atoms with E-state index in [9.17, 15) is 4.79 Å². The smallest absolute Gasteiger partial charge is 0.333 e. The monoisotopic (exact) mass is 248 g/mol. The van der Waals surface area contributed by atoms with E-state index in [0.717, 1.165) is 30.2 Å². The van der Waals surface area contributed by atoms with Crippen LogP contribution in [0.4, 0.5) is 0 Å². The summed E-state index contributed by atoms with van der Waals surface area (Å²) in [6.45, 7) is 4.36. The number of carbonyl (C=O) groups is 1. The van der Waals surface area contributed by atoms with E-state index in [4.69, 9.17) is 4.74 Å². The van der Waals surface area contributed by atoms with Crippen LogP contribution in [0.2, 0.25) is 0 Å². The van der Waals surface area contributed by atoms with Gasteiger partial charge in [0, 0.05) is 10.9 Å². The van der Waals surface area contributed by atoms with Gasteiger partial charge in [0.25, 0.3) is 0 Å². The fraction of sp³-hybridized carbons (Fsp3) is 0.700. The maximum absolute atomic E-state index is 11.3. The van der Waals surface area contributed by atoms with Crippen molar-refractivity contribution in [2.45, 2.75) is 33.1 Å². The quantitative estimate of drug-likeness (QED) is 0.411. The van der Waals surface area contributed by atoms with Gasteiger partial charge in [-0.3, -0.25) is 0 Å². The van der Waals surface area contributed by atoms with Gasteiger partial charge in [-0.15, -0.1) is 0 Å². The number of alkyl halides is 1. The van der Waals surface area contributed by atoms with Crippen LogP contribution in [0.3, 0.4) is 0 Å². The molecule has 3 heteroatoms. The van der Waals surface area contributed by atoms with E-state index in [1.807, 2.05) is 13.0 Å². The molecule has 0 saturated carbocycles. The van der Waals surface area contributed by atoms with Crippen molar-refractivity contribution < 1.29 is 9.53 Å². The second-order valence-corrected chi connectivity index (χ2v) is 3.47. The van der Waals surface area contributed by atoms with Crippen LogP contribution in [0.25, 0.3) is 0 Å². The molecule has 0 fully saturated rings. The molecule has 0 aromatic carbocycles. The van der Waals surface area contributed by atoms with Crippen LogP contribution in [0.15, 0.2) is 11.6 Å².